The van der Waals surface area contributed by atoms with Crippen LogP contribution in [0, 0.1) is 6.92 Å². The van der Waals surface area contributed by atoms with E-state index in [4.69, 9.17) is 0 Å². The summed E-state index contributed by atoms with van der Waals surface area (Å²) in [5.41, 5.74) is 10.6. The van der Waals surface area contributed by atoms with Gasteiger partial charge in [-0.15, -0.1) is 10.8 Å². The van der Waals surface area contributed by atoms with Crippen LogP contribution in [0.5, 0.6) is 0 Å². The zero-order valence-electron chi connectivity index (χ0n) is 18.5. The maximum Gasteiger partial charge on any atom is 0.120 e. The Kier molecular flexibility index (Phi) is 6.36. The number of hydrogen-bond acceptors (Lipinski definition) is 2. The summed E-state index contributed by atoms with van der Waals surface area (Å²) in [7, 11) is -1.68. The minimum Gasteiger partial charge on any atom is -0.244 e. The molecule has 0 amide bonds. The van der Waals surface area contributed by atoms with Crippen molar-refractivity contribution < 1.29 is 0 Å². The van der Waals surface area contributed by atoms with E-state index in [0.29, 0.717) is 0 Å². The number of rotatable bonds is 6. The molecule has 3 nitrogen and oxygen atoms in total. The van der Waals surface area contributed by atoms with Gasteiger partial charge in [0, 0.05) is 17.3 Å². The van der Waals surface area contributed by atoms with Crippen molar-refractivity contribution in [1.82, 2.24) is 15.0 Å². The number of hydrogen-bond donors (Lipinski definition) is 0. The van der Waals surface area contributed by atoms with Crippen LogP contribution in [0.15, 0.2) is 65.9 Å². The lowest BCUT2D eigenvalue weighted by Crippen LogP contribution is -2.25. The minimum atomic E-state index is -1.68. The van der Waals surface area contributed by atoms with Gasteiger partial charge in [-0.05, 0) is 38.3 Å². The molecule has 0 saturated heterocycles. The number of nitrogens with zero attached hydrogens (tertiary/aromatic N) is 3. The second kappa shape index (κ2) is 8.77. The van der Waals surface area contributed by atoms with Gasteiger partial charge in [-0.2, -0.15) is 0 Å². The first-order valence-electron chi connectivity index (χ1n) is 10.2. The van der Waals surface area contributed by atoms with E-state index in [2.05, 4.69) is 116 Å². The lowest BCUT2D eigenvalue weighted by atomic mass is 10.1. The van der Waals surface area contributed by atoms with Crippen LogP contribution in [0.1, 0.15) is 30.7 Å². The van der Waals surface area contributed by atoms with E-state index in [1.807, 2.05) is 0 Å². The Hall–Kier alpha value is -2.68. The van der Waals surface area contributed by atoms with Crippen LogP contribution in [0.4, 0.5) is 0 Å². The second-order valence-corrected chi connectivity index (χ2v) is 13.9. The predicted molar refractivity (Wildman–Crippen MR) is 125 cm³/mol. The van der Waals surface area contributed by atoms with Crippen molar-refractivity contribution >= 4 is 13.3 Å². The smallest absolute Gasteiger partial charge is 0.120 e. The van der Waals surface area contributed by atoms with Gasteiger partial charge in [-0.25, -0.2) is 4.68 Å². The fraction of sp³-hybridized carbons (Fsp3) is 0.320. The first-order chi connectivity index (χ1) is 13.8. The summed E-state index contributed by atoms with van der Waals surface area (Å²) in [5.74, 6) is 0. The Morgan fingerprint density at radius 2 is 1.62 bits per heavy atom. The zero-order valence-corrected chi connectivity index (χ0v) is 19.5. The second-order valence-electron chi connectivity index (χ2n) is 8.86. The normalized spacial score (nSPS) is 11.2. The lowest BCUT2D eigenvalue weighted by Gasteiger charge is -2.21. The average Bonchev–Trinajstić information content (AvgIpc) is 3.08. The molecule has 0 spiro atoms. The highest BCUT2D eigenvalue weighted by atomic mass is 28.3. The summed E-state index contributed by atoms with van der Waals surface area (Å²) in [5, 5.41) is 10.5. The van der Waals surface area contributed by atoms with Gasteiger partial charge in [0.2, 0.25) is 0 Å². The fourth-order valence-corrected chi connectivity index (χ4v) is 4.94. The van der Waals surface area contributed by atoms with Crippen LogP contribution in [-0.4, -0.2) is 23.1 Å². The molecular weight excluding hydrogens is 370 g/mol. The fourth-order valence-electron chi connectivity index (χ4n) is 3.35. The molecule has 1 aromatic heterocycles. The van der Waals surface area contributed by atoms with Gasteiger partial charge in [-0.3, -0.25) is 0 Å². The molecule has 0 aliphatic rings. The van der Waals surface area contributed by atoms with Crippen molar-refractivity contribution in [2.45, 2.75) is 53.4 Å². The summed E-state index contributed by atoms with van der Waals surface area (Å²) in [6, 6.07) is 19.1. The molecule has 0 fully saturated rings. The largest absolute Gasteiger partial charge is 0.244 e. The molecule has 0 saturated carbocycles. The van der Waals surface area contributed by atoms with Crippen molar-refractivity contribution in [3.63, 3.8) is 0 Å². The van der Waals surface area contributed by atoms with Gasteiger partial charge in [0.15, 0.2) is 0 Å². The Morgan fingerprint density at radius 3 is 2.21 bits per heavy atom. The third kappa shape index (κ3) is 5.23. The number of aromatic nitrogens is 3. The molecule has 3 rings (SSSR count). The Labute approximate surface area is 175 Å². The number of aryl methyl sites for hydroxylation is 3. The van der Waals surface area contributed by atoms with Crippen molar-refractivity contribution in [3.05, 3.63) is 82.7 Å². The topological polar surface area (TPSA) is 30.7 Å². The summed E-state index contributed by atoms with van der Waals surface area (Å²) < 4.78 is 2.09. The summed E-state index contributed by atoms with van der Waals surface area (Å²) in [6.45, 7) is 14.2. The SMILES string of the molecule is CC(C)=C=C(c1c(-c2ccc(C)cc2)nnn1CCc1ccccc1)[Si](C)(C)C. The molecule has 0 N–H and O–H groups in total. The van der Waals surface area contributed by atoms with Crippen LogP contribution in [0.25, 0.3) is 16.5 Å². The molecule has 0 radical (unpaired) electrons. The van der Waals surface area contributed by atoms with E-state index in [1.54, 1.807) is 0 Å². The molecule has 4 heteroatoms. The lowest BCUT2D eigenvalue weighted by molar-refractivity contribution is 0.584. The maximum absolute atomic E-state index is 4.64. The molecule has 0 atom stereocenters. The van der Waals surface area contributed by atoms with Gasteiger partial charge in [0.1, 0.15) is 5.69 Å². The van der Waals surface area contributed by atoms with Crippen LogP contribution >= 0.6 is 0 Å². The molecule has 0 unspecified atom stereocenters. The first-order valence-corrected chi connectivity index (χ1v) is 13.7. The van der Waals surface area contributed by atoms with Crippen molar-refractivity contribution in [2.75, 3.05) is 0 Å². The number of allylic oxidation sites excluding steroid dienone is 1. The molecule has 29 heavy (non-hydrogen) atoms. The van der Waals surface area contributed by atoms with Gasteiger partial charge in [-0.1, -0.05) is 85.0 Å². The van der Waals surface area contributed by atoms with Crippen molar-refractivity contribution in [2.24, 2.45) is 0 Å². The van der Waals surface area contributed by atoms with Gasteiger partial charge in [0.25, 0.3) is 0 Å². The standard InChI is InChI=1S/C25H31N3Si/c1-19(2)18-23(29(4,5)6)25-24(22-14-12-20(3)13-15-22)26-27-28(25)17-16-21-10-8-7-9-11-21/h7-15H,16-17H2,1-6H3. The van der Waals surface area contributed by atoms with Crippen molar-refractivity contribution in [3.8, 4) is 11.3 Å². The van der Waals surface area contributed by atoms with Gasteiger partial charge in [0.05, 0.1) is 13.8 Å². The quantitative estimate of drug-likeness (QED) is 0.357. The Bertz CT molecular complexity index is 1030. The monoisotopic (exact) mass is 401 g/mol. The van der Waals surface area contributed by atoms with E-state index in [9.17, 15) is 0 Å². The first kappa shape index (κ1) is 21.0. The summed E-state index contributed by atoms with van der Waals surface area (Å²) >= 11 is 0. The van der Waals surface area contributed by atoms with E-state index < -0.39 is 8.07 Å². The highest BCUT2D eigenvalue weighted by Gasteiger charge is 2.28. The molecular formula is C25H31N3Si. The van der Waals surface area contributed by atoms with E-state index in [1.165, 1.54) is 21.9 Å². The zero-order chi connectivity index (χ0) is 21.0. The number of benzene rings is 2. The van der Waals surface area contributed by atoms with E-state index in [0.717, 1.165) is 29.9 Å². The van der Waals surface area contributed by atoms with Gasteiger partial charge < -0.3 is 0 Å². The third-order valence-corrected chi connectivity index (χ3v) is 6.74. The highest BCUT2D eigenvalue weighted by molar-refractivity contribution is 6.93. The molecule has 2 aromatic carbocycles. The van der Waals surface area contributed by atoms with E-state index in [-0.39, 0.29) is 0 Å². The van der Waals surface area contributed by atoms with Crippen molar-refractivity contribution in [1.29, 1.82) is 0 Å². The Morgan fingerprint density at radius 1 is 0.966 bits per heavy atom. The average molecular weight is 402 g/mol. The third-order valence-electron chi connectivity index (χ3n) is 4.88. The molecule has 1 heterocycles. The van der Waals surface area contributed by atoms with Crippen LogP contribution in [0.3, 0.4) is 0 Å². The molecule has 3 aromatic rings. The minimum absolute atomic E-state index is 0.802. The summed E-state index contributed by atoms with van der Waals surface area (Å²) in [4.78, 5) is 0. The molecule has 150 valence electrons. The van der Waals surface area contributed by atoms with Gasteiger partial charge >= 0.3 is 0 Å². The predicted octanol–water partition coefficient (Wildman–Crippen LogP) is 6.32. The van der Waals surface area contributed by atoms with Crippen LogP contribution in [0.2, 0.25) is 19.6 Å². The molecule has 0 aliphatic heterocycles. The van der Waals surface area contributed by atoms with Crippen LogP contribution < -0.4 is 0 Å². The maximum atomic E-state index is 4.64. The molecule has 0 bridgehead atoms. The molecule has 0 aliphatic carbocycles. The van der Waals surface area contributed by atoms with E-state index >= 15 is 0 Å². The highest BCUT2D eigenvalue weighted by Crippen LogP contribution is 2.33. The Balaban J connectivity index is 2.14. The van der Waals surface area contributed by atoms with Crippen LogP contribution in [-0.2, 0) is 13.0 Å². The summed E-state index contributed by atoms with van der Waals surface area (Å²) in [6.07, 6.45) is 0.929.